The maximum absolute atomic E-state index is 13.2. The lowest BCUT2D eigenvalue weighted by atomic mass is 10.0. The van der Waals surface area contributed by atoms with E-state index >= 15 is 0 Å². The standard InChI is InChI=1S/C20H21N5O2S/c1-12-6-4-5-7-16(12)21-19(26)18-17(14-8-10-15(27-3)11-9-14)24-25-13(2)22-23-20(25)28-18/h4-11,17-18,24H,1-3H3,(H,21,26)/t17-,18-/m1/s1. The van der Waals surface area contributed by atoms with Gasteiger partial charge in [-0.3, -0.25) is 4.79 Å². The van der Waals surface area contributed by atoms with Gasteiger partial charge < -0.3 is 15.5 Å². The van der Waals surface area contributed by atoms with Gasteiger partial charge in [-0.25, -0.2) is 4.68 Å². The second-order valence-corrected chi connectivity index (χ2v) is 7.70. The number of aromatic nitrogens is 3. The molecule has 0 spiro atoms. The van der Waals surface area contributed by atoms with E-state index in [0.717, 1.165) is 28.4 Å². The lowest BCUT2D eigenvalue weighted by Gasteiger charge is -2.33. The summed E-state index contributed by atoms with van der Waals surface area (Å²) in [6, 6.07) is 15.2. The fourth-order valence-electron chi connectivity index (χ4n) is 3.14. The van der Waals surface area contributed by atoms with Gasteiger partial charge in [0, 0.05) is 5.69 Å². The molecular formula is C20H21N5O2S. The number of ether oxygens (including phenoxy) is 1. The van der Waals surface area contributed by atoms with Gasteiger partial charge >= 0.3 is 0 Å². The molecule has 0 fully saturated rings. The van der Waals surface area contributed by atoms with Crippen LogP contribution in [0.2, 0.25) is 0 Å². The van der Waals surface area contributed by atoms with E-state index in [4.69, 9.17) is 4.74 Å². The van der Waals surface area contributed by atoms with Gasteiger partial charge in [-0.2, -0.15) is 0 Å². The minimum Gasteiger partial charge on any atom is -0.497 e. The first-order chi connectivity index (χ1) is 13.6. The maximum Gasteiger partial charge on any atom is 0.240 e. The number of carbonyl (C=O) groups is 1. The summed E-state index contributed by atoms with van der Waals surface area (Å²) < 4.78 is 7.09. The molecular weight excluding hydrogens is 374 g/mol. The number of anilines is 1. The normalized spacial score (nSPS) is 18.1. The fraction of sp³-hybridized carbons (Fsp3) is 0.250. The molecule has 1 aliphatic heterocycles. The monoisotopic (exact) mass is 395 g/mol. The predicted molar refractivity (Wildman–Crippen MR) is 109 cm³/mol. The Kier molecular flexibility index (Phi) is 4.95. The van der Waals surface area contributed by atoms with Crippen LogP contribution in [0.1, 0.15) is 23.0 Å². The molecule has 8 heteroatoms. The van der Waals surface area contributed by atoms with E-state index in [1.54, 1.807) is 7.11 Å². The van der Waals surface area contributed by atoms with Crippen molar-refractivity contribution in [3.05, 3.63) is 65.5 Å². The molecule has 2 N–H and O–H groups in total. The predicted octanol–water partition coefficient (Wildman–Crippen LogP) is 3.30. The quantitative estimate of drug-likeness (QED) is 0.706. The van der Waals surface area contributed by atoms with Crippen LogP contribution >= 0.6 is 11.8 Å². The summed E-state index contributed by atoms with van der Waals surface area (Å²) >= 11 is 1.41. The molecule has 1 aromatic heterocycles. The highest BCUT2D eigenvalue weighted by molar-refractivity contribution is 8.00. The molecule has 28 heavy (non-hydrogen) atoms. The number of fused-ring (bicyclic) bond motifs is 1. The number of aryl methyl sites for hydroxylation is 2. The Morgan fingerprint density at radius 2 is 1.89 bits per heavy atom. The summed E-state index contributed by atoms with van der Waals surface area (Å²) in [4.78, 5) is 13.2. The van der Waals surface area contributed by atoms with Crippen LogP contribution in [0.15, 0.2) is 53.7 Å². The first-order valence-corrected chi connectivity index (χ1v) is 9.80. The Hall–Kier alpha value is -3.00. The van der Waals surface area contributed by atoms with E-state index in [2.05, 4.69) is 20.9 Å². The number of rotatable bonds is 4. The summed E-state index contributed by atoms with van der Waals surface area (Å²) in [5.41, 5.74) is 6.21. The molecule has 0 aliphatic carbocycles. The molecule has 0 unspecified atom stereocenters. The van der Waals surface area contributed by atoms with E-state index in [-0.39, 0.29) is 11.9 Å². The van der Waals surface area contributed by atoms with Gasteiger partial charge in [0.05, 0.1) is 13.2 Å². The number of hydrogen-bond acceptors (Lipinski definition) is 6. The molecule has 3 aromatic rings. The number of hydrogen-bond donors (Lipinski definition) is 2. The highest BCUT2D eigenvalue weighted by Crippen LogP contribution is 2.38. The van der Waals surface area contributed by atoms with Crippen molar-refractivity contribution in [2.24, 2.45) is 0 Å². The number of carbonyl (C=O) groups excluding carboxylic acids is 1. The molecule has 0 bridgehead atoms. The average Bonchev–Trinajstić information content (AvgIpc) is 3.09. The third kappa shape index (κ3) is 3.43. The molecule has 144 valence electrons. The largest absolute Gasteiger partial charge is 0.497 e. The van der Waals surface area contributed by atoms with E-state index in [1.807, 2.05) is 67.1 Å². The lowest BCUT2D eigenvalue weighted by molar-refractivity contribution is -0.116. The molecule has 2 heterocycles. The van der Waals surface area contributed by atoms with Crippen molar-refractivity contribution in [1.82, 2.24) is 14.9 Å². The smallest absolute Gasteiger partial charge is 0.240 e. The van der Waals surface area contributed by atoms with Crippen molar-refractivity contribution in [1.29, 1.82) is 0 Å². The number of nitrogens with zero attached hydrogens (tertiary/aromatic N) is 3. The third-order valence-corrected chi connectivity index (χ3v) is 5.95. The van der Waals surface area contributed by atoms with Gasteiger partial charge in [-0.05, 0) is 43.2 Å². The Bertz CT molecular complexity index is 1000. The van der Waals surface area contributed by atoms with Gasteiger partial charge in [-0.1, -0.05) is 42.1 Å². The van der Waals surface area contributed by atoms with E-state index in [0.29, 0.717) is 5.16 Å². The number of nitrogens with one attached hydrogen (secondary N) is 2. The molecule has 0 saturated carbocycles. The first kappa shape index (κ1) is 18.4. The second-order valence-electron chi connectivity index (χ2n) is 6.59. The minimum absolute atomic E-state index is 0.0838. The summed E-state index contributed by atoms with van der Waals surface area (Å²) in [6.45, 7) is 3.85. The highest BCUT2D eigenvalue weighted by atomic mass is 32.2. The van der Waals surface area contributed by atoms with Crippen LogP contribution < -0.4 is 15.5 Å². The lowest BCUT2D eigenvalue weighted by Crippen LogP contribution is -2.41. The Morgan fingerprint density at radius 1 is 1.14 bits per heavy atom. The molecule has 0 radical (unpaired) electrons. The maximum atomic E-state index is 13.2. The Labute approximate surface area is 167 Å². The number of benzene rings is 2. The van der Waals surface area contributed by atoms with Crippen molar-refractivity contribution in [2.45, 2.75) is 30.3 Å². The van der Waals surface area contributed by atoms with Gasteiger partial charge in [0.25, 0.3) is 0 Å². The second kappa shape index (κ2) is 7.55. The van der Waals surface area contributed by atoms with E-state index in [9.17, 15) is 4.79 Å². The SMILES string of the molecule is COc1ccc([C@H]2Nn3c(C)nnc3S[C@H]2C(=O)Nc2ccccc2C)cc1. The molecule has 1 amide bonds. The van der Waals surface area contributed by atoms with Crippen molar-refractivity contribution >= 4 is 23.4 Å². The third-order valence-electron chi connectivity index (χ3n) is 4.73. The molecule has 7 nitrogen and oxygen atoms in total. The van der Waals surface area contributed by atoms with E-state index in [1.165, 1.54) is 11.8 Å². The molecule has 2 aromatic carbocycles. The van der Waals surface area contributed by atoms with Crippen molar-refractivity contribution in [2.75, 3.05) is 17.9 Å². The van der Waals surface area contributed by atoms with Crippen LogP contribution in [0.5, 0.6) is 5.75 Å². The van der Waals surface area contributed by atoms with Crippen LogP contribution in [0.25, 0.3) is 0 Å². The van der Waals surface area contributed by atoms with Crippen LogP contribution in [-0.4, -0.2) is 33.1 Å². The van der Waals surface area contributed by atoms with E-state index < -0.39 is 5.25 Å². The zero-order valence-electron chi connectivity index (χ0n) is 15.8. The topological polar surface area (TPSA) is 81.1 Å². The van der Waals surface area contributed by atoms with Crippen LogP contribution in [-0.2, 0) is 4.79 Å². The fourth-order valence-corrected chi connectivity index (χ4v) is 4.26. The number of methoxy groups -OCH3 is 1. The number of amides is 1. The van der Waals surface area contributed by atoms with Crippen LogP contribution in [0, 0.1) is 13.8 Å². The van der Waals surface area contributed by atoms with Crippen LogP contribution in [0.3, 0.4) is 0 Å². The van der Waals surface area contributed by atoms with Crippen molar-refractivity contribution in [3.8, 4) is 5.75 Å². The molecule has 4 rings (SSSR count). The van der Waals surface area contributed by atoms with Gasteiger partial charge in [0.15, 0.2) is 0 Å². The van der Waals surface area contributed by atoms with Crippen molar-refractivity contribution < 1.29 is 9.53 Å². The zero-order valence-corrected chi connectivity index (χ0v) is 16.7. The van der Waals surface area contributed by atoms with Crippen molar-refractivity contribution in [3.63, 3.8) is 0 Å². The zero-order chi connectivity index (χ0) is 19.7. The molecule has 1 aliphatic rings. The molecule has 2 atom stereocenters. The summed E-state index contributed by atoms with van der Waals surface area (Å²) in [7, 11) is 1.63. The average molecular weight is 395 g/mol. The van der Waals surface area contributed by atoms with Gasteiger partial charge in [-0.15, -0.1) is 10.2 Å². The van der Waals surface area contributed by atoms with Crippen LogP contribution in [0.4, 0.5) is 5.69 Å². The Morgan fingerprint density at radius 3 is 2.61 bits per heavy atom. The van der Waals surface area contributed by atoms with Gasteiger partial charge in [0.2, 0.25) is 11.1 Å². The van der Waals surface area contributed by atoms with Gasteiger partial charge in [0.1, 0.15) is 16.8 Å². The first-order valence-electron chi connectivity index (χ1n) is 8.92. The Balaban J connectivity index is 1.67. The summed E-state index contributed by atoms with van der Waals surface area (Å²) in [5, 5.41) is 11.6. The highest BCUT2D eigenvalue weighted by Gasteiger charge is 2.37. The molecule has 0 saturated heterocycles. The number of thioether (sulfide) groups is 1. The summed E-state index contributed by atoms with van der Waals surface area (Å²) in [6.07, 6.45) is 0. The summed E-state index contributed by atoms with van der Waals surface area (Å²) in [5.74, 6) is 1.44. The minimum atomic E-state index is -0.413. The number of para-hydroxylation sites is 1.